The number of hydrogen-bond donors (Lipinski definition) is 1. The van der Waals surface area contributed by atoms with E-state index in [0.717, 1.165) is 11.3 Å². The van der Waals surface area contributed by atoms with Gasteiger partial charge >= 0.3 is 0 Å². The van der Waals surface area contributed by atoms with Gasteiger partial charge in [0.2, 0.25) is 5.91 Å². The summed E-state index contributed by atoms with van der Waals surface area (Å²) in [5.41, 5.74) is 2.32. The third-order valence-electron chi connectivity index (χ3n) is 3.85. The number of nitrogens with one attached hydrogen (secondary N) is 1. The van der Waals surface area contributed by atoms with Crippen molar-refractivity contribution < 1.29 is 9.18 Å². The summed E-state index contributed by atoms with van der Waals surface area (Å²) in [6.45, 7) is 1.90. The molecule has 5 heteroatoms. The molecule has 0 fully saturated rings. The van der Waals surface area contributed by atoms with Crippen LogP contribution in [-0.2, 0) is 4.79 Å². The second-order valence-corrected chi connectivity index (χ2v) is 5.65. The molecule has 0 aliphatic carbocycles. The Morgan fingerprint density at radius 2 is 2.08 bits per heavy atom. The van der Waals surface area contributed by atoms with Crippen molar-refractivity contribution in [2.24, 2.45) is 0 Å². The Hall–Kier alpha value is -3.21. The number of halogens is 1. The fraction of sp³-hybridized carbons (Fsp3) is 0.100. The van der Waals surface area contributed by atoms with Gasteiger partial charge in [-0.3, -0.25) is 4.79 Å². The molecule has 1 N–H and O–H groups in total. The highest BCUT2D eigenvalue weighted by Crippen LogP contribution is 2.17. The molecule has 0 unspecified atom stereocenters. The van der Waals surface area contributed by atoms with Gasteiger partial charge < -0.3 is 9.88 Å². The van der Waals surface area contributed by atoms with E-state index in [9.17, 15) is 9.18 Å². The van der Waals surface area contributed by atoms with Crippen LogP contribution in [0.4, 0.5) is 4.39 Å². The maximum absolute atomic E-state index is 13.6. The van der Waals surface area contributed by atoms with Gasteiger partial charge in [-0.25, -0.2) is 9.37 Å². The number of hydrogen-bond acceptors (Lipinski definition) is 2. The Labute approximate surface area is 145 Å². The van der Waals surface area contributed by atoms with Crippen LogP contribution in [0.5, 0.6) is 0 Å². The minimum Gasteiger partial charge on any atom is -0.346 e. The molecule has 0 spiro atoms. The number of amides is 1. The normalized spacial score (nSPS) is 12.2. The summed E-state index contributed by atoms with van der Waals surface area (Å²) in [6.07, 6.45) is 8.11. The summed E-state index contributed by atoms with van der Waals surface area (Å²) in [4.78, 5) is 16.1. The van der Waals surface area contributed by atoms with Crippen molar-refractivity contribution in [1.82, 2.24) is 14.9 Å². The average Bonchev–Trinajstić information content (AvgIpc) is 3.16. The molecule has 25 heavy (non-hydrogen) atoms. The van der Waals surface area contributed by atoms with Gasteiger partial charge in [-0.2, -0.15) is 0 Å². The molecule has 1 aromatic heterocycles. The second-order valence-electron chi connectivity index (χ2n) is 5.65. The van der Waals surface area contributed by atoms with Crippen LogP contribution < -0.4 is 5.32 Å². The third kappa shape index (κ3) is 4.20. The Kier molecular flexibility index (Phi) is 5.04. The minimum atomic E-state index is -0.354. The van der Waals surface area contributed by atoms with Gasteiger partial charge in [0, 0.05) is 29.7 Å². The smallest absolute Gasteiger partial charge is 0.244 e. The summed E-state index contributed by atoms with van der Waals surface area (Å²) < 4.78 is 15.5. The van der Waals surface area contributed by atoms with E-state index in [1.165, 1.54) is 18.2 Å². The number of aromatic nitrogens is 2. The van der Waals surface area contributed by atoms with Crippen molar-refractivity contribution in [3.05, 3.63) is 90.3 Å². The monoisotopic (exact) mass is 335 g/mol. The van der Waals surface area contributed by atoms with E-state index in [4.69, 9.17) is 0 Å². The van der Waals surface area contributed by atoms with E-state index >= 15 is 0 Å². The van der Waals surface area contributed by atoms with Gasteiger partial charge in [0.25, 0.3) is 0 Å². The molecule has 126 valence electrons. The topological polar surface area (TPSA) is 46.9 Å². The highest BCUT2D eigenvalue weighted by molar-refractivity contribution is 5.92. The highest BCUT2D eigenvalue weighted by atomic mass is 19.1. The Balaban J connectivity index is 1.68. The molecule has 0 aliphatic rings. The fourth-order valence-corrected chi connectivity index (χ4v) is 2.49. The molecule has 2 aromatic carbocycles. The van der Waals surface area contributed by atoms with Gasteiger partial charge in [0.15, 0.2) is 0 Å². The van der Waals surface area contributed by atoms with E-state index in [1.807, 2.05) is 42.0 Å². The number of nitrogens with zero attached hydrogens (tertiary/aromatic N) is 2. The maximum atomic E-state index is 13.6. The van der Waals surface area contributed by atoms with E-state index in [2.05, 4.69) is 10.3 Å². The SMILES string of the molecule is C[C@H](NC(=O)/C=C/c1ccccc1F)c1cccc(-n2ccnc2)c1. The third-order valence-corrected chi connectivity index (χ3v) is 3.85. The molecule has 0 bridgehead atoms. The molecule has 1 heterocycles. The van der Waals surface area contributed by atoms with Crippen LogP contribution in [0.25, 0.3) is 11.8 Å². The zero-order valence-corrected chi connectivity index (χ0v) is 13.8. The van der Waals surface area contributed by atoms with Crippen LogP contribution in [0.1, 0.15) is 24.1 Å². The van der Waals surface area contributed by atoms with Crippen molar-refractivity contribution in [2.45, 2.75) is 13.0 Å². The lowest BCUT2D eigenvalue weighted by Crippen LogP contribution is -2.24. The van der Waals surface area contributed by atoms with Crippen LogP contribution in [0, 0.1) is 5.82 Å². The van der Waals surface area contributed by atoms with Gasteiger partial charge in [-0.15, -0.1) is 0 Å². The second kappa shape index (κ2) is 7.57. The predicted molar refractivity (Wildman–Crippen MR) is 95.6 cm³/mol. The summed E-state index contributed by atoms with van der Waals surface area (Å²) in [7, 11) is 0. The quantitative estimate of drug-likeness (QED) is 0.719. The average molecular weight is 335 g/mol. The first-order chi connectivity index (χ1) is 12.1. The Morgan fingerprint density at radius 1 is 1.24 bits per heavy atom. The number of imidazole rings is 1. The summed E-state index contributed by atoms with van der Waals surface area (Å²) in [6, 6.07) is 14.0. The molecule has 0 saturated heterocycles. The zero-order valence-electron chi connectivity index (χ0n) is 13.8. The number of benzene rings is 2. The van der Waals surface area contributed by atoms with Crippen molar-refractivity contribution in [2.75, 3.05) is 0 Å². The van der Waals surface area contributed by atoms with Crippen LogP contribution in [0.2, 0.25) is 0 Å². The van der Waals surface area contributed by atoms with Crippen molar-refractivity contribution in [1.29, 1.82) is 0 Å². The highest BCUT2D eigenvalue weighted by Gasteiger charge is 2.09. The Morgan fingerprint density at radius 3 is 2.84 bits per heavy atom. The first-order valence-corrected chi connectivity index (χ1v) is 7.95. The van der Waals surface area contributed by atoms with E-state index in [1.54, 1.807) is 30.7 Å². The van der Waals surface area contributed by atoms with E-state index < -0.39 is 0 Å². The van der Waals surface area contributed by atoms with Gasteiger partial charge in [0.05, 0.1) is 12.4 Å². The van der Waals surface area contributed by atoms with Crippen LogP contribution in [0.3, 0.4) is 0 Å². The molecule has 1 atom stereocenters. The largest absolute Gasteiger partial charge is 0.346 e. The number of carbonyl (C=O) groups excluding carboxylic acids is 1. The minimum absolute atomic E-state index is 0.179. The lowest BCUT2D eigenvalue weighted by Gasteiger charge is -2.14. The molecular formula is C20H18FN3O. The molecule has 0 saturated carbocycles. The standard InChI is InChI=1S/C20H18FN3O/c1-15(17-6-4-7-18(13-17)24-12-11-22-14-24)23-20(25)10-9-16-5-2-3-8-19(16)21/h2-15H,1H3,(H,23,25)/b10-9+/t15-/m0/s1. The van der Waals surface area contributed by atoms with Crippen LogP contribution >= 0.6 is 0 Å². The fourth-order valence-electron chi connectivity index (χ4n) is 2.49. The lowest BCUT2D eigenvalue weighted by molar-refractivity contribution is -0.117. The molecule has 0 aliphatic heterocycles. The lowest BCUT2D eigenvalue weighted by atomic mass is 10.1. The van der Waals surface area contributed by atoms with Gasteiger partial charge in [-0.05, 0) is 36.8 Å². The first-order valence-electron chi connectivity index (χ1n) is 7.95. The zero-order chi connectivity index (χ0) is 17.6. The molecule has 3 rings (SSSR count). The first kappa shape index (κ1) is 16.6. The van der Waals surface area contributed by atoms with Crippen molar-refractivity contribution in [3.8, 4) is 5.69 Å². The molecule has 0 radical (unpaired) electrons. The van der Waals surface area contributed by atoms with Crippen LogP contribution in [0.15, 0.2) is 73.3 Å². The summed E-state index contributed by atoms with van der Waals surface area (Å²) in [5, 5.41) is 2.89. The van der Waals surface area contributed by atoms with E-state index in [0.29, 0.717) is 5.56 Å². The Bertz CT molecular complexity index is 887. The molecule has 3 aromatic rings. The molecular weight excluding hydrogens is 317 g/mol. The van der Waals surface area contributed by atoms with Gasteiger partial charge in [-0.1, -0.05) is 30.3 Å². The summed E-state index contributed by atoms with van der Waals surface area (Å²) in [5.74, 6) is -0.628. The van der Waals surface area contributed by atoms with Crippen LogP contribution in [-0.4, -0.2) is 15.5 Å². The summed E-state index contributed by atoms with van der Waals surface area (Å²) >= 11 is 0. The van der Waals surface area contributed by atoms with Gasteiger partial charge in [0.1, 0.15) is 5.82 Å². The van der Waals surface area contributed by atoms with E-state index in [-0.39, 0.29) is 17.8 Å². The maximum Gasteiger partial charge on any atom is 0.244 e. The molecule has 4 nitrogen and oxygen atoms in total. The predicted octanol–water partition coefficient (Wildman–Crippen LogP) is 3.90. The molecule has 1 amide bonds. The van der Waals surface area contributed by atoms with Crippen molar-refractivity contribution >= 4 is 12.0 Å². The number of rotatable bonds is 5. The number of carbonyl (C=O) groups is 1. The van der Waals surface area contributed by atoms with Crippen molar-refractivity contribution in [3.63, 3.8) is 0 Å².